The number of rotatable bonds is 6. The van der Waals surface area contributed by atoms with Crippen molar-refractivity contribution in [1.29, 1.82) is 0 Å². The fourth-order valence-electron chi connectivity index (χ4n) is 2.98. The van der Waals surface area contributed by atoms with Crippen molar-refractivity contribution in [3.63, 3.8) is 0 Å². The molecule has 2 aliphatic heterocycles. The molecule has 1 saturated heterocycles. The highest BCUT2D eigenvalue weighted by Crippen LogP contribution is 2.20. The van der Waals surface area contributed by atoms with Gasteiger partial charge in [0.15, 0.2) is 16.4 Å². The molecule has 0 bridgehead atoms. The molecule has 1 amide bonds. The van der Waals surface area contributed by atoms with E-state index in [2.05, 4.69) is 0 Å². The molecule has 0 saturated carbocycles. The van der Waals surface area contributed by atoms with Crippen molar-refractivity contribution >= 4 is 21.7 Å². The second-order valence-electron chi connectivity index (χ2n) is 6.34. The molecule has 0 spiro atoms. The third-order valence-corrected chi connectivity index (χ3v) is 6.09. The van der Waals surface area contributed by atoms with E-state index in [4.69, 9.17) is 14.2 Å². The Labute approximate surface area is 157 Å². The summed E-state index contributed by atoms with van der Waals surface area (Å²) in [5.74, 6) is -1.36. The summed E-state index contributed by atoms with van der Waals surface area (Å²) >= 11 is 0. The van der Waals surface area contributed by atoms with Crippen LogP contribution in [0.25, 0.3) is 0 Å². The van der Waals surface area contributed by atoms with Crippen molar-refractivity contribution in [3.05, 3.63) is 47.9 Å². The number of hydrogen-bond donors (Lipinski definition) is 0. The van der Waals surface area contributed by atoms with Crippen LogP contribution >= 0.6 is 0 Å². The SMILES string of the molecule is O=C(OCC(=O)N(Cc1ccccc1)[C@H]1CCS(=O)(=O)C1)C1=COCCO1. The molecule has 0 unspecified atom stereocenters. The molecular formula is C18H21NO7S. The van der Waals surface area contributed by atoms with Crippen molar-refractivity contribution in [2.45, 2.75) is 19.0 Å². The molecule has 2 heterocycles. The topological polar surface area (TPSA) is 99.2 Å². The third-order valence-electron chi connectivity index (χ3n) is 4.34. The first-order valence-electron chi connectivity index (χ1n) is 8.60. The van der Waals surface area contributed by atoms with Crippen LogP contribution in [0.15, 0.2) is 42.4 Å². The molecule has 3 rings (SSSR count). The van der Waals surface area contributed by atoms with Gasteiger partial charge in [0.1, 0.15) is 19.5 Å². The van der Waals surface area contributed by atoms with E-state index in [1.807, 2.05) is 30.3 Å². The lowest BCUT2D eigenvalue weighted by molar-refractivity contribution is -0.153. The van der Waals surface area contributed by atoms with Gasteiger partial charge in [-0.1, -0.05) is 30.3 Å². The number of amides is 1. The minimum atomic E-state index is -3.16. The molecule has 8 nitrogen and oxygen atoms in total. The molecule has 1 aromatic carbocycles. The van der Waals surface area contributed by atoms with E-state index in [9.17, 15) is 18.0 Å². The highest BCUT2D eigenvalue weighted by molar-refractivity contribution is 7.91. The number of ether oxygens (including phenoxy) is 3. The Balaban J connectivity index is 1.66. The van der Waals surface area contributed by atoms with Gasteiger partial charge in [0.25, 0.3) is 5.91 Å². The summed E-state index contributed by atoms with van der Waals surface area (Å²) in [7, 11) is -3.16. The third kappa shape index (κ3) is 5.22. The van der Waals surface area contributed by atoms with Crippen molar-refractivity contribution in [3.8, 4) is 0 Å². The van der Waals surface area contributed by atoms with Gasteiger partial charge in [-0.15, -0.1) is 0 Å². The highest BCUT2D eigenvalue weighted by atomic mass is 32.2. The van der Waals surface area contributed by atoms with E-state index in [0.29, 0.717) is 13.0 Å². The second-order valence-corrected chi connectivity index (χ2v) is 8.57. The van der Waals surface area contributed by atoms with E-state index in [-0.39, 0.29) is 30.4 Å². The summed E-state index contributed by atoms with van der Waals surface area (Å²) < 4.78 is 38.8. The van der Waals surface area contributed by atoms with Gasteiger partial charge >= 0.3 is 5.97 Å². The first-order chi connectivity index (χ1) is 12.9. The van der Waals surface area contributed by atoms with Gasteiger partial charge in [-0.05, 0) is 12.0 Å². The van der Waals surface area contributed by atoms with Crippen molar-refractivity contribution in [2.75, 3.05) is 31.3 Å². The number of hydrogen-bond acceptors (Lipinski definition) is 7. The van der Waals surface area contributed by atoms with Gasteiger partial charge < -0.3 is 19.1 Å². The minimum Gasteiger partial charge on any atom is -0.493 e. The van der Waals surface area contributed by atoms with E-state index in [1.165, 1.54) is 4.90 Å². The Morgan fingerprint density at radius 3 is 2.59 bits per heavy atom. The molecule has 9 heteroatoms. The fourth-order valence-corrected chi connectivity index (χ4v) is 4.71. The van der Waals surface area contributed by atoms with E-state index in [0.717, 1.165) is 11.8 Å². The van der Waals surface area contributed by atoms with Crippen LogP contribution in [0, 0.1) is 0 Å². The molecule has 0 aliphatic carbocycles. The molecule has 0 aromatic heterocycles. The summed E-state index contributed by atoms with van der Waals surface area (Å²) in [6.45, 7) is 0.328. The quantitative estimate of drug-likeness (QED) is 0.652. The lowest BCUT2D eigenvalue weighted by Crippen LogP contribution is -2.43. The van der Waals surface area contributed by atoms with Crippen LogP contribution in [0.4, 0.5) is 0 Å². The maximum atomic E-state index is 12.7. The molecule has 0 radical (unpaired) electrons. The number of sulfone groups is 1. The normalized spacial score (nSPS) is 20.7. The predicted molar refractivity (Wildman–Crippen MR) is 95.0 cm³/mol. The van der Waals surface area contributed by atoms with Gasteiger partial charge in [-0.2, -0.15) is 0 Å². The average Bonchev–Trinajstić information content (AvgIpc) is 3.05. The Hall–Kier alpha value is -2.55. The molecule has 1 aromatic rings. The maximum Gasteiger partial charge on any atom is 0.377 e. The van der Waals surface area contributed by atoms with Crippen LogP contribution in [0.3, 0.4) is 0 Å². The molecule has 2 aliphatic rings. The molecule has 146 valence electrons. The summed E-state index contributed by atoms with van der Waals surface area (Å²) in [6.07, 6.45) is 1.53. The van der Waals surface area contributed by atoms with Gasteiger partial charge in [0.05, 0.1) is 11.5 Å². The average molecular weight is 395 g/mol. The first-order valence-corrected chi connectivity index (χ1v) is 10.4. The van der Waals surface area contributed by atoms with E-state index in [1.54, 1.807) is 0 Å². The number of carbonyl (C=O) groups is 2. The minimum absolute atomic E-state index is 0.0497. The Kier molecular flexibility index (Phi) is 6.00. The number of nitrogens with zero attached hydrogens (tertiary/aromatic N) is 1. The number of benzene rings is 1. The lowest BCUT2D eigenvalue weighted by Gasteiger charge is -2.28. The van der Waals surface area contributed by atoms with Crippen LogP contribution in [-0.4, -0.2) is 62.6 Å². The molecule has 27 heavy (non-hydrogen) atoms. The number of carbonyl (C=O) groups excluding carboxylic acids is 2. The Morgan fingerprint density at radius 1 is 1.19 bits per heavy atom. The summed E-state index contributed by atoms with van der Waals surface area (Å²) in [6, 6.07) is 8.82. The standard InChI is InChI=1S/C18H21NO7S/c20-17(12-26-18(21)16-11-24-7-8-25-16)19(10-14-4-2-1-3-5-14)15-6-9-27(22,23)13-15/h1-5,11,15H,6-10,12-13H2/t15-/m0/s1. The molecule has 1 fully saturated rings. The second kappa shape index (κ2) is 8.43. The van der Waals surface area contributed by atoms with Crippen LogP contribution in [0.2, 0.25) is 0 Å². The Morgan fingerprint density at radius 2 is 1.96 bits per heavy atom. The predicted octanol–water partition coefficient (Wildman–Crippen LogP) is 0.634. The van der Waals surface area contributed by atoms with Crippen LogP contribution in [0.1, 0.15) is 12.0 Å². The van der Waals surface area contributed by atoms with E-state index >= 15 is 0 Å². The fraction of sp³-hybridized carbons (Fsp3) is 0.444. The lowest BCUT2D eigenvalue weighted by atomic mass is 10.1. The van der Waals surface area contributed by atoms with Crippen molar-refractivity contribution in [1.82, 2.24) is 4.90 Å². The maximum absolute atomic E-state index is 12.7. The summed E-state index contributed by atoms with van der Waals surface area (Å²) in [5.41, 5.74) is 0.869. The van der Waals surface area contributed by atoms with Gasteiger partial charge in [-0.3, -0.25) is 4.79 Å². The van der Waals surface area contributed by atoms with Gasteiger partial charge in [0, 0.05) is 12.6 Å². The monoisotopic (exact) mass is 395 g/mol. The zero-order valence-electron chi connectivity index (χ0n) is 14.7. The largest absolute Gasteiger partial charge is 0.493 e. The summed E-state index contributed by atoms with van der Waals surface area (Å²) in [5, 5.41) is 0. The zero-order chi connectivity index (χ0) is 19.3. The van der Waals surface area contributed by atoms with E-state index < -0.39 is 34.4 Å². The smallest absolute Gasteiger partial charge is 0.377 e. The van der Waals surface area contributed by atoms with Gasteiger partial charge in [0.2, 0.25) is 5.76 Å². The molecule has 0 N–H and O–H groups in total. The molecular weight excluding hydrogens is 374 g/mol. The van der Waals surface area contributed by atoms with Crippen LogP contribution in [-0.2, 0) is 40.2 Å². The van der Waals surface area contributed by atoms with Crippen LogP contribution < -0.4 is 0 Å². The molecule has 1 atom stereocenters. The van der Waals surface area contributed by atoms with Crippen molar-refractivity contribution in [2.24, 2.45) is 0 Å². The zero-order valence-corrected chi connectivity index (χ0v) is 15.5. The highest BCUT2D eigenvalue weighted by Gasteiger charge is 2.35. The number of esters is 1. The first kappa shape index (κ1) is 19.2. The van der Waals surface area contributed by atoms with Crippen LogP contribution in [0.5, 0.6) is 0 Å². The van der Waals surface area contributed by atoms with Crippen molar-refractivity contribution < 1.29 is 32.2 Å². The van der Waals surface area contributed by atoms with Gasteiger partial charge in [-0.25, -0.2) is 13.2 Å². The Bertz CT molecular complexity index is 819. The summed E-state index contributed by atoms with van der Waals surface area (Å²) in [4.78, 5) is 26.1.